The number of anilines is 1. The van der Waals surface area contributed by atoms with Crippen LogP contribution in [-0.2, 0) is 14.1 Å². The lowest BCUT2D eigenvalue weighted by atomic mass is 9.77. The molecule has 0 atom stereocenters. The van der Waals surface area contributed by atoms with Gasteiger partial charge in [-0.05, 0) is 50.9 Å². The standard InChI is InChI=1S/C18H25BN2O5/c1-11(22)21-10-13(19-25-17(2,3)18(4,5)26-19)8-12-6-7-14(16(23)24)15(20)9-12/h6-9H,10,20H2,1-5H3,(H,21,22)(H,23,24). The fourth-order valence-electron chi connectivity index (χ4n) is 2.50. The maximum Gasteiger partial charge on any atom is 0.492 e. The topological polar surface area (TPSA) is 111 Å². The average molecular weight is 360 g/mol. The summed E-state index contributed by atoms with van der Waals surface area (Å²) in [5, 5.41) is 11.8. The van der Waals surface area contributed by atoms with Gasteiger partial charge in [0, 0.05) is 19.2 Å². The molecule has 140 valence electrons. The molecule has 8 heteroatoms. The Balaban J connectivity index is 2.36. The van der Waals surface area contributed by atoms with Crippen LogP contribution in [0, 0.1) is 0 Å². The molecule has 0 saturated carbocycles. The molecule has 1 amide bonds. The molecule has 0 aromatic heterocycles. The van der Waals surface area contributed by atoms with Gasteiger partial charge in [-0.15, -0.1) is 0 Å². The second kappa shape index (κ2) is 7.13. The fourth-order valence-corrected chi connectivity index (χ4v) is 2.50. The zero-order valence-electron chi connectivity index (χ0n) is 15.8. The molecule has 1 aliphatic rings. The van der Waals surface area contributed by atoms with Crippen molar-refractivity contribution in [2.24, 2.45) is 0 Å². The normalized spacial score (nSPS) is 18.7. The van der Waals surface area contributed by atoms with Crippen LogP contribution < -0.4 is 11.1 Å². The predicted molar refractivity (Wildman–Crippen MR) is 101 cm³/mol. The Bertz CT molecular complexity index is 742. The molecule has 2 rings (SSSR count). The molecule has 1 saturated heterocycles. The molecule has 1 heterocycles. The van der Waals surface area contributed by atoms with Crippen LogP contribution in [0.25, 0.3) is 6.08 Å². The minimum Gasteiger partial charge on any atom is -0.478 e. The first-order valence-corrected chi connectivity index (χ1v) is 8.36. The number of hydrogen-bond donors (Lipinski definition) is 3. The van der Waals surface area contributed by atoms with Crippen molar-refractivity contribution in [3.05, 3.63) is 34.8 Å². The van der Waals surface area contributed by atoms with Crippen LogP contribution in [-0.4, -0.2) is 41.8 Å². The van der Waals surface area contributed by atoms with Gasteiger partial charge >= 0.3 is 13.1 Å². The number of hydrogen-bond acceptors (Lipinski definition) is 5. The SMILES string of the molecule is CC(=O)NCC(=Cc1ccc(C(=O)O)c(N)c1)B1OC(C)(C)C(C)(C)O1. The molecule has 0 spiro atoms. The largest absolute Gasteiger partial charge is 0.492 e. The van der Waals surface area contributed by atoms with Crippen molar-refractivity contribution in [3.63, 3.8) is 0 Å². The lowest BCUT2D eigenvalue weighted by Gasteiger charge is -2.32. The van der Waals surface area contributed by atoms with Crippen molar-refractivity contribution in [3.8, 4) is 0 Å². The summed E-state index contributed by atoms with van der Waals surface area (Å²) in [6.45, 7) is 9.46. The molecule has 0 bridgehead atoms. The summed E-state index contributed by atoms with van der Waals surface area (Å²) in [6, 6.07) is 4.67. The van der Waals surface area contributed by atoms with Gasteiger partial charge < -0.3 is 25.5 Å². The highest BCUT2D eigenvalue weighted by molar-refractivity contribution is 6.56. The van der Waals surface area contributed by atoms with E-state index >= 15 is 0 Å². The van der Waals surface area contributed by atoms with E-state index in [1.165, 1.54) is 13.0 Å². The van der Waals surface area contributed by atoms with E-state index in [2.05, 4.69) is 5.32 Å². The number of carbonyl (C=O) groups is 2. The second-order valence-electron chi connectivity index (χ2n) is 7.37. The first kappa shape index (κ1) is 20.0. The minimum absolute atomic E-state index is 0.0428. The van der Waals surface area contributed by atoms with E-state index in [1.807, 2.05) is 27.7 Å². The quantitative estimate of drug-likeness (QED) is 0.548. The number of carbonyl (C=O) groups excluding carboxylic acids is 1. The maximum absolute atomic E-state index is 11.3. The maximum atomic E-state index is 11.3. The molecule has 0 aliphatic carbocycles. The molecule has 4 N–H and O–H groups in total. The lowest BCUT2D eigenvalue weighted by molar-refractivity contribution is -0.118. The molecule has 0 radical (unpaired) electrons. The lowest BCUT2D eigenvalue weighted by Crippen LogP contribution is -2.41. The van der Waals surface area contributed by atoms with Crippen LogP contribution in [0.3, 0.4) is 0 Å². The van der Waals surface area contributed by atoms with Gasteiger partial charge in [-0.1, -0.05) is 12.1 Å². The monoisotopic (exact) mass is 360 g/mol. The molecule has 1 aliphatic heterocycles. The molecule has 0 unspecified atom stereocenters. The summed E-state index contributed by atoms with van der Waals surface area (Å²) in [5.41, 5.74) is 6.40. The number of nitrogen functional groups attached to an aromatic ring is 1. The Morgan fingerprint density at radius 1 is 1.23 bits per heavy atom. The second-order valence-corrected chi connectivity index (χ2v) is 7.37. The van der Waals surface area contributed by atoms with Crippen LogP contribution in [0.15, 0.2) is 23.7 Å². The van der Waals surface area contributed by atoms with Gasteiger partial charge in [0.25, 0.3) is 0 Å². The first-order chi connectivity index (χ1) is 11.9. The number of amides is 1. The van der Waals surface area contributed by atoms with E-state index < -0.39 is 24.3 Å². The summed E-state index contributed by atoms with van der Waals surface area (Å²) in [7, 11) is -0.632. The van der Waals surface area contributed by atoms with E-state index in [9.17, 15) is 9.59 Å². The predicted octanol–water partition coefficient (Wildman–Crippen LogP) is 2.12. The molecule has 1 aromatic rings. The Morgan fingerprint density at radius 2 is 1.81 bits per heavy atom. The summed E-state index contributed by atoms with van der Waals surface area (Å²) < 4.78 is 12.1. The highest BCUT2D eigenvalue weighted by atomic mass is 16.7. The van der Waals surface area contributed by atoms with Crippen molar-refractivity contribution in [1.29, 1.82) is 0 Å². The van der Waals surface area contributed by atoms with E-state index in [1.54, 1.807) is 18.2 Å². The van der Waals surface area contributed by atoms with Crippen LogP contribution in [0.1, 0.15) is 50.5 Å². The third kappa shape index (κ3) is 4.26. The van der Waals surface area contributed by atoms with Crippen molar-refractivity contribution in [1.82, 2.24) is 5.32 Å². The number of rotatable bonds is 5. The van der Waals surface area contributed by atoms with Gasteiger partial charge in [-0.25, -0.2) is 4.79 Å². The summed E-state index contributed by atoms with van der Waals surface area (Å²) >= 11 is 0. The third-order valence-electron chi connectivity index (χ3n) is 4.76. The van der Waals surface area contributed by atoms with Crippen molar-refractivity contribution >= 4 is 30.8 Å². The van der Waals surface area contributed by atoms with Crippen LogP contribution in [0.2, 0.25) is 0 Å². The summed E-state index contributed by atoms with van der Waals surface area (Å²) in [4.78, 5) is 22.4. The van der Waals surface area contributed by atoms with Gasteiger partial charge in [0.15, 0.2) is 0 Å². The average Bonchev–Trinajstić information content (AvgIpc) is 2.71. The Hall–Kier alpha value is -2.32. The number of aromatic carboxylic acids is 1. The van der Waals surface area contributed by atoms with Gasteiger partial charge in [0.05, 0.1) is 16.8 Å². The van der Waals surface area contributed by atoms with E-state index in [0.717, 1.165) is 0 Å². The molecular weight excluding hydrogens is 335 g/mol. The third-order valence-corrected chi connectivity index (χ3v) is 4.76. The molecule has 1 fully saturated rings. The highest BCUT2D eigenvalue weighted by Gasteiger charge is 2.52. The molecular formula is C18H25BN2O5. The molecule has 26 heavy (non-hydrogen) atoms. The molecule has 7 nitrogen and oxygen atoms in total. The van der Waals surface area contributed by atoms with Crippen LogP contribution >= 0.6 is 0 Å². The number of benzene rings is 1. The highest BCUT2D eigenvalue weighted by Crippen LogP contribution is 2.38. The number of carboxylic acid groups (broad SMARTS) is 1. The zero-order chi connectivity index (χ0) is 19.7. The van der Waals surface area contributed by atoms with E-state index in [0.29, 0.717) is 11.0 Å². The van der Waals surface area contributed by atoms with E-state index in [-0.39, 0.29) is 23.7 Å². The Labute approximate surface area is 153 Å². The minimum atomic E-state index is -1.08. The van der Waals surface area contributed by atoms with Gasteiger partial charge in [-0.3, -0.25) is 4.79 Å². The number of carboxylic acids is 1. The van der Waals surface area contributed by atoms with Crippen LogP contribution in [0.5, 0.6) is 0 Å². The van der Waals surface area contributed by atoms with Crippen molar-refractivity contribution in [2.75, 3.05) is 12.3 Å². The fraction of sp³-hybridized carbons (Fsp3) is 0.444. The Kier molecular flexibility index (Phi) is 5.48. The van der Waals surface area contributed by atoms with Gasteiger partial charge in [-0.2, -0.15) is 0 Å². The van der Waals surface area contributed by atoms with Crippen LogP contribution in [0.4, 0.5) is 5.69 Å². The number of nitrogens with one attached hydrogen (secondary N) is 1. The van der Waals surface area contributed by atoms with Gasteiger partial charge in [0.1, 0.15) is 0 Å². The number of nitrogens with two attached hydrogens (primary N) is 1. The van der Waals surface area contributed by atoms with Crippen molar-refractivity contribution in [2.45, 2.75) is 45.8 Å². The van der Waals surface area contributed by atoms with E-state index in [4.69, 9.17) is 20.1 Å². The Morgan fingerprint density at radius 3 is 2.27 bits per heavy atom. The first-order valence-electron chi connectivity index (χ1n) is 8.36. The summed E-state index contributed by atoms with van der Waals surface area (Å²) in [6.07, 6.45) is 1.79. The zero-order valence-corrected chi connectivity index (χ0v) is 15.8. The van der Waals surface area contributed by atoms with Gasteiger partial charge in [0.2, 0.25) is 5.91 Å². The molecule has 1 aromatic carbocycles. The van der Waals surface area contributed by atoms with Crippen molar-refractivity contribution < 1.29 is 24.0 Å². The summed E-state index contributed by atoms with van der Waals surface area (Å²) in [5.74, 6) is -1.25. The smallest absolute Gasteiger partial charge is 0.478 e.